The van der Waals surface area contributed by atoms with E-state index in [9.17, 15) is 26.4 Å². The third-order valence-electron chi connectivity index (χ3n) is 5.98. The Bertz CT molecular complexity index is 927. The topological polar surface area (TPSA) is 99.1 Å². The molecule has 0 aromatic heterocycles. The first-order valence-electron chi connectivity index (χ1n) is 9.94. The van der Waals surface area contributed by atoms with Crippen molar-refractivity contribution in [1.29, 1.82) is 0 Å². The number of benzene rings is 1. The first-order valence-corrected chi connectivity index (χ1v) is 11.6. The van der Waals surface area contributed by atoms with Crippen LogP contribution in [0.25, 0.3) is 0 Å². The smallest absolute Gasteiger partial charge is 0.484 e. The Kier molecular flexibility index (Phi) is 6.48. The van der Waals surface area contributed by atoms with Crippen molar-refractivity contribution in [2.75, 3.05) is 12.4 Å². The van der Waals surface area contributed by atoms with Crippen LogP contribution in [0.1, 0.15) is 49.9 Å². The lowest BCUT2D eigenvalue weighted by molar-refractivity contribution is -0.275. The molecule has 1 aromatic carbocycles. The number of esters is 1. The fourth-order valence-corrected chi connectivity index (χ4v) is 5.00. The third kappa shape index (κ3) is 6.25. The summed E-state index contributed by atoms with van der Waals surface area (Å²) in [7, 11) is -4.32. The molecule has 1 aromatic rings. The van der Waals surface area contributed by atoms with E-state index in [4.69, 9.17) is 14.0 Å². The Hall–Kier alpha value is -2.01. The molecule has 2 aliphatic carbocycles. The molecule has 3 atom stereocenters. The highest BCUT2D eigenvalue weighted by Gasteiger charge is 2.48. The number of fused-ring (bicyclic) bond motifs is 2. The molecule has 1 N–H and O–H groups in total. The summed E-state index contributed by atoms with van der Waals surface area (Å²) in [5.74, 6) is -1.39. The number of hydrogen-bond donors (Lipinski definition) is 1. The molecule has 31 heavy (non-hydrogen) atoms. The van der Waals surface area contributed by atoms with Crippen molar-refractivity contribution in [1.82, 2.24) is 0 Å². The number of carbonyl (C=O) groups is 1. The van der Waals surface area contributed by atoms with E-state index in [0.29, 0.717) is 11.8 Å². The van der Waals surface area contributed by atoms with Gasteiger partial charge >= 0.3 is 12.3 Å². The Labute approximate surface area is 178 Å². The molecule has 3 rings (SSSR count). The van der Waals surface area contributed by atoms with Crippen LogP contribution in [0.4, 0.5) is 13.2 Å². The van der Waals surface area contributed by atoms with Crippen LogP contribution in [0.5, 0.6) is 11.5 Å². The van der Waals surface area contributed by atoms with Gasteiger partial charge in [0.2, 0.25) is 0 Å². The zero-order chi connectivity index (χ0) is 23.0. The molecule has 0 heterocycles. The highest BCUT2D eigenvalue weighted by atomic mass is 32.2. The molecule has 2 bridgehead atoms. The molecule has 7 nitrogen and oxygen atoms in total. The highest BCUT2D eigenvalue weighted by molar-refractivity contribution is 7.85. The Morgan fingerprint density at radius 3 is 2.39 bits per heavy atom. The molecule has 0 amide bonds. The quantitative estimate of drug-likeness (QED) is 0.452. The largest absolute Gasteiger partial charge is 0.573 e. The van der Waals surface area contributed by atoms with Crippen molar-refractivity contribution >= 4 is 16.1 Å². The maximum absolute atomic E-state index is 12.9. The summed E-state index contributed by atoms with van der Waals surface area (Å²) >= 11 is 0. The van der Waals surface area contributed by atoms with Gasteiger partial charge in [0, 0.05) is 5.92 Å². The van der Waals surface area contributed by atoms with Crippen molar-refractivity contribution in [3.63, 3.8) is 0 Å². The van der Waals surface area contributed by atoms with Crippen LogP contribution in [0, 0.1) is 17.8 Å². The van der Waals surface area contributed by atoms with E-state index in [1.165, 1.54) is 0 Å². The molecule has 174 valence electrons. The summed E-state index contributed by atoms with van der Waals surface area (Å²) in [6.07, 6.45) is -0.709. The lowest BCUT2D eigenvalue weighted by Gasteiger charge is -2.38. The SMILES string of the molecule is CC(C)(Oc1cc(C(=O)OCCS(=O)(=O)O)ccc1OC(F)(F)F)C1CC2CCC1C2. The second kappa shape index (κ2) is 8.50. The molecule has 0 radical (unpaired) electrons. The van der Waals surface area contributed by atoms with Gasteiger partial charge in [0.05, 0.1) is 5.56 Å². The summed E-state index contributed by atoms with van der Waals surface area (Å²) < 4.78 is 83.6. The first kappa shape index (κ1) is 23.6. The second-order valence-corrected chi connectivity index (χ2v) is 10.2. The summed E-state index contributed by atoms with van der Waals surface area (Å²) in [4.78, 5) is 12.2. The van der Waals surface area contributed by atoms with E-state index in [2.05, 4.69) is 4.74 Å². The maximum Gasteiger partial charge on any atom is 0.573 e. The van der Waals surface area contributed by atoms with Crippen LogP contribution in [0.15, 0.2) is 18.2 Å². The van der Waals surface area contributed by atoms with Crippen LogP contribution >= 0.6 is 0 Å². The number of carbonyl (C=O) groups excluding carboxylic acids is 1. The number of halogens is 3. The number of rotatable bonds is 8. The van der Waals surface area contributed by atoms with Crippen LogP contribution in [-0.4, -0.2) is 43.3 Å². The van der Waals surface area contributed by atoms with Crippen molar-refractivity contribution in [2.24, 2.45) is 17.8 Å². The van der Waals surface area contributed by atoms with Crippen LogP contribution in [0.2, 0.25) is 0 Å². The maximum atomic E-state index is 12.9. The monoisotopic (exact) mass is 466 g/mol. The summed E-state index contributed by atoms with van der Waals surface area (Å²) in [5.41, 5.74) is -0.930. The van der Waals surface area contributed by atoms with Crippen LogP contribution < -0.4 is 9.47 Å². The lowest BCUT2D eigenvalue weighted by atomic mass is 9.78. The van der Waals surface area contributed by atoms with E-state index in [-0.39, 0.29) is 17.2 Å². The normalized spacial score (nSPS) is 23.6. The zero-order valence-corrected chi connectivity index (χ0v) is 18.0. The average Bonchev–Trinajstić information content (AvgIpc) is 3.24. The number of ether oxygens (including phenoxy) is 3. The molecular formula is C20H25F3O7S. The van der Waals surface area contributed by atoms with E-state index >= 15 is 0 Å². The van der Waals surface area contributed by atoms with Crippen LogP contribution in [-0.2, 0) is 14.9 Å². The molecular weight excluding hydrogens is 441 g/mol. The van der Waals surface area contributed by atoms with Crippen molar-refractivity contribution in [3.8, 4) is 11.5 Å². The predicted molar refractivity (Wildman–Crippen MR) is 103 cm³/mol. The standard InChI is InChI=1S/C20H25F3O7S/c1-19(2,15-10-12-3-4-13(15)9-12)29-17-11-14(5-6-16(17)30-20(21,22)23)18(24)28-7-8-31(25,26)27/h5-6,11-13,15H,3-4,7-10H2,1-2H3,(H,25,26,27). The minimum absolute atomic E-state index is 0.136. The van der Waals surface area contributed by atoms with Gasteiger partial charge in [-0.3, -0.25) is 4.55 Å². The third-order valence-corrected chi connectivity index (χ3v) is 6.67. The van der Waals surface area contributed by atoms with Gasteiger partial charge in [0.15, 0.2) is 11.5 Å². The van der Waals surface area contributed by atoms with Crippen molar-refractivity contribution in [3.05, 3.63) is 23.8 Å². The van der Waals surface area contributed by atoms with E-state index in [1.54, 1.807) is 0 Å². The van der Waals surface area contributed by atoms with Crippen molar-refractivity contribution < 1.29 is 45.1 Å². The van der Waals surface area contributed by atoms with E-state index in [0.717, 1.165) is 43.9 Å². The van der Waals surface area contributed by atoms with Gasteiger partial charge in [0.1, 0.15) is 18.0 Å². The van der Waals surface area contributed by atoms with Gasteiger partial charge in [0.25, 0.3) is 10.1 Å². The number of alkyl halides is 3. The fourth-order valence-electron chi connectivity index (χ4n) is 4.70. The minimum atomic E-state index is -4.95. The molecule has 2 aliphatic rings. The Morgan fingerprint density at radius 2 is 1.84 bits per heavy atom. The van der Waals surface area contributed by atoms with Gasteiger partial charge in [-0.2, -0.15) is 8.42 Å². The van der Waals surface area contributed by atoms with Gasteiger partial charge in [-0.15, -0.1) is 13.2 Å². The predicted octanol–water partition coefficient (Wildman–Crippen LogP) is 4.22. The summed E-state index contributed by atoms with van der Waals surface area (Å²) in [6.45, 7) is 3.02. The number of hydrogen-bond acceptors (Lipinski definition) is 6. The van der Waals surface area contributed by atoms with E-state index < -0.39 is 46.2 Å². The zero-order valence-electron chi connectivity index (χ0n) is 17.1. The van der Waals surface area contributed by atoms with Crippen LogP contribution in [0.3, 0.4) is 0 Å². The Morgan fingerprint density at radius 1 is 1.13 bits per heavy atom. The fraction of sp³-hybridized carbons (Fsp3) is 0.650. The molecule has 11 heteroatoms. The lowest BCUT2D eigenvalue weighted by Crippen LogP contribution is -2.40. The second-order valence-electron chi connectivity index (χ2n) is 8.62. The molecule has 0 aliphatic heterocycles. The first-order chi connectivity index (χ1) is 14.2. The molecule has 0 saturated heterocycles. The van der Waals surface area contributed by atoms with Crippen molar-refractivity contribution in [2.45, 2.75) is 51.5 Å². The highest BCUT2D eigenvalue weighted by Crippen LogP contribution is 2.53. The molecule has 2 saturated carbocycles. The van der Waals surface area contributed by atoms with Gasteiger partial charge in [-0.1, -0.05) is 6.42 Å². The Balaban J connectivity index is 1.81. The van der Waals surface area contributed by atoms with E-state index in [1.807, 2.05) is 13.8 Å². The van der Waals surface area contributed by atoms with Gasteiger partial charge in [-0.05, 0) is 63.1 Å². The molecule has 2 fully saturated rings. The van der Waals surface area contributed by atoms with Gasteiger partial charge in [-0.25, -0.2) is 4.79 Å². The summed E-state index contributed by atoms with van der Waals surface area (Å²) in [5, 5.41) is 0. The minimum Gasteiger partial charge on any atom is -0.484 e. The molecule has 0 spiro atoms. The summed E-state index contributed by atoms with van der Waals surface area (Å²) in [6, 6.07) is 3.11. The molecule has 3 unspecified atom stereocenters. The average molecular weight is 466 g/mol. The van der Waals surface area contributed by atoms with Gasteiger partial charge < -0.3 is 14.2 Å².